The minimum absolute atomic E-state index is 0.359. The minimum atomic E-state index is -0.481. The summed E-state index contributed by atoms with van der Waals surface area (Å²) in [5.74, 6) is -0.481. The van der Waals surface area contributed by atoms with Gasteiger partial charge < -0.3 is 10.5 Å². The molecular formula is C10H10N2O3. The molecule has 2 N–H and O–H groups in total. The normalized spacial score (nSPS) is 15.2. The van der Waals surface area contributed by atoms with E-state index in [4.69, 9.17) is 10.5 Å². The molecule has 1 fully saturated rings. The average Bonchev–Trinajstić information content (AvgIpc) is 2.65. The first-order valence-electron chi connectivity index (χ1n) is 4.52. The zero-order valence-electron chi connectivity index (χ0n) is 7.97. The van der Waals surface area contributed by atoms with Gasteiger partial charge in [-0.05, 0) is 24.3 Å². The van der Waals surface area contributed by atoms with Crippen molar-refractivity contribution >= 4 is 17.7 Å². The third-order valence-electron chi connectivity index (χ3n) is 2.22. The Morgan fingerprint density at radius 3 is 2.47 bits per heavy atom. The lowest BCUT2D eigenvalue weighted by molar-refractivity contribution is 0.100. The smallest absolute Gasteiger partial charge is 0.414 e. The quantitative estimate of drug-likeness (QED) is 0.775. The molecule has 0 bridgehead atoms. The number of carbonyl (C=O) groups excluding carboxylic acids is 2. The van der Waals surface area contributed by atoms with E-state index in [1.54, 1.807) is 24.3 Å². The third-order valence-corrected chi connectivity index (χ3v) is 2.22. The van der Waals surface area contributed by atoms with Crippen molar-refractivity contribution in [3.05, 3.63) is 29.8 Å². The van der Waals surface area contributed by atoms with Crippen LogP contribution in [0.5, 0.6) is 0 Å². The summed E-state index contributed by atoms with van der Waals surface area (Å²) in [6, 6.07) is 6.52. The van der Waals surface area contributed by atoms with Crippen LogP contribution in [0.25, 0.3) is 0 Å². The maximum Gasteiger partial charge on any atom is 0.414 e. The van der Waals surface area contributed by atoms with Crippen molar-refractivity contribution in [1.29, 1.82) is 0 Å². The van der Waals surface area contributed by atoms with Crippen molar-refractivity contribution in [3.63, 3.8) is 0 Å². The Bertz CT molecular complexity index is 400. The number of hydrogen-bond donors (Lipinski definition) is 1. The van der Waals surface area contributed by atoms with E-state index in [9.17, 15) is 9.59 Å². The lowest BCUT2D eigenvalue weighted by Crippen LogP contribution is -2.23. The van der Waals surface area contributed by atoms with Crippen LogP contribution in [0.1, 0.15) is 10.4 Å². The van der Waals surface area contributed by atoms with Gasteiger partial charge in [-0.3, -0.25) is 9.69 Å². The van der Waals surface area contributed by atoms with Crippen LogP contribution in [-0.4, -0.2) is 25.2 Å². The van der Waals surface area contributed by atoms with Crippen LogP contribution in [0.2, 0.25) is 0 Å². The number of nitrogens with two attached hydrogens (primary N) is 1. The number of primary amides is 1. The summed E-state index contributed by atoms with van der Waals surface area (Å²) < 4.78 is 4.79. The van der Waals surface area contributed by atoms with Gasteiger partial charge in [-0.15, -0.1) is 0 Å². The Balaban J connectivity index is 2.23. The molecular weight excluding hydrogens is 196 g/mol. The molecule has 2 amide bonds. The van der Waals surface area contributed by atoms with Crippen LogP contribution in [0.15, 0.2) is 24.3 Å². The van der Waals surface area contributed by atoms with Crippen molar-refractivity contribution in [2.45, 2.75) is 0 Å². The molecule has 1 aromatic carbocycles. The summed E-state index contributed by atoms with van der Waals surface area (Å²) in [6.07, 6.45) is -0.359. The molecule has 5 nitrogen and oxygen atoms in total. The lowest BCUT2D eigenvalue weighted by atomic mass is 10.2. The second kappa shape index (κ2) is 3.61. The summed E-state index contributed by atoms with van der Waals surface area (Å²) in [4.78, 5) is 23.5. The van der Waals surface area contributed by atoms with Gasteiger partial charge in [-0.25, -0.2) is 4.79 Å². The molecule has 1 aliphatic heterocycles. The van der Waals surface area contributed by atoms with E-state index in [1.807, 2.05) is 0 Å². The number of nitrogens with zero attached hydrogens (tertiary/aromatic N) is 1. The Morgan fingerprint density at radius 2 is 2.00 bits per heavy atom. The number of carbonyl (C=O) groups is 2. The van der Waals surface area contributed by atoms with E-state index in [0.717, 1.165) is 0 Å². The molecule has 0 radical (unpaired) electrons. The highest BCUT2D eigenvalue weighted by Gasteiger charge is 2.23. The fraction of sp³-hybridized carbons (Fsp3) is 0.200. The van der Waals surface area contributed by atoms with E-state index in [-0.39, 0.29) is 6.09 Å². The van der Waals surface area contributed by atoms with Gasteiger partial charge in [0.2, 0.25) is 5.91 Å². The molecule has 2 rings (SSSR count). The second-order valence-corrected chi connectivity index (χ2v) is 3.18. The van der Waals surface area contributed by atoms with E-state index in [2.05, 4.69) is 0 Å². The molecule has 0 spiro atoms. The summed E-state index contributed by atoms with van der Waals surface area (Å²) in [6.45, 7) is 0.936. The summed E-state index contributed by atoms with van der Waals surface area (Å²) in [7, 11) is 0. The zero-order valence-corrected chi connectivity index (χ0v) is 7.97. The molecule has 0 aliphatic carbocycles. The molecule has 1 aromatic rings. The SMILES string of the molecule is NC(=O)c1ccc(N2CCOC2=O)cc1. The Labute approximate surface area is 86.4 Å². The van der Waals surface area contributed by atoms with Crippen molar-refractivity contribution < 1.29 is 14.3 Å². The van der Waals surface area contributed by atoms with Gasteiger partial charge in [0.1, 0.15) is 6.61 Å². The summed E-state index contributed by atoms with van der Waals surface area (Å²) >= 11 is 0. The molecule has 0 aromatic heterocycles. The first-order valence-corrected chi connectivity index (χ1v) is 4.52. The maximum atomic E-state index is 11.2. The van der Waals surface area contributed by atoms with E-state index in [1.165, 1.54) is 4.90 Å². The highest BCUT2D eigenvalue weighted by molar-refractivity contribution is 5.94. The largest absolute Gasteiger partial charge is 0.447 e. The number of rotatable bonds is 2. The predicted octanol–water partition coefficient (Wildman–Crippen LogP) is 0.742. The molecule has 1 aliphatic rings. The molecule has 0 atom stereocenters. The van der Waals surface area contributed by atoms with Crippen LogP contribution >= 0.6 is 0 Å². The maximum absolute atomic E-state index is 11.2. The average molecular weight is 206 g/mol. The van der Waals surface area contributed by atoms with Gasteiger partial charge in [-0.1, -0.05) is 0 Å². The zero-order chi connectivity index (χ0) is 10.8. The van der Waals surface area contributed by atoms with Crippen LogP contribution in [0.3, 0.4) is 0 Å². The molecule has 5 heteroatoms. The van der Waals surface area contributed by atoms with Crippen LogP contribution in [0, 0.1) is 0 Å². The highest BCUT2D eigenvalue weighted by Crippen LogP contribution is 2.18. The molecule has 0 saturated carbocycles. The van der Waals surface area contributed by atoms with Crippen molar-refractivity contribution in [2.75, 3.05) is 18.1 Å². The standard InChI is InChI=1S/C10H10N2O3/c11-9(13)7-1-3-8(4-2-7)12-5-6-15-10(12)14/h1-4H,5-6H2,(H2,11,13). The van der Waals surface area contributed by atoms with Gasteiger partial charge in [-0.2, -0.15) is 0 Å². The Morgan fingerprint density at radius 1 is 1.33 bits per heavy atom. The number of benzene rings is 1. The molecule has 0 unspecified atom stereocenters. The fourth-order valence-electron chi connectivity index (χ4n) is 1.43. The van der Waals surface area contributed by atoms with Gasteiger partial charge in [0.25, 0.3) is 0 Å². The van der Waals surface area contributed by atoms with E-state index < -0.39 is 5.91 Å². The second-order valence-electron chi connectivity index (χ2n) is 3.18. The predicted molar refractivity (Wildman–Crippen MR) is 53.7 cm³/mol. The minimum Gasteiger partial charge on any atom is -0.447 e. The van der Waals surface area contributed by atoms with Crippen LogP contribution < -0.4 is 10.6 Å². The van der Waals surface area contributed by atoms with Gasteiger partial charge >= 0.3 is 6.09 Å². The van der Waals surface area contributed by atoms with Crippen LogP contribution in [-0.2, 0) is 4.74 Å². The van der Waals surface area contributed by atoms with Gasteiger partial charge in [0.05, 0.1) is 6.54 Å². The van der Waals surface area contributed by atoms with Gasteiger partial charge in [0, 0.05) is 11.3 Å². The van der Waals surface area contributed by atoms with Crippen molar-refractivity contribution in [3.8, 4) is 0 Å². The lowest BCUT2D eigenvalue weighted by Gasteiger charge is -2.12. The van der Waals surface area contributed by atoms with Crippen molar-refractivity contribution in [1.82, 2.24) is 0 Å². The first-order chi connectivity index (χ1) is 7.18. The fourth-order valence-corrected chi connectivity index (χ4v) is 1.43. The molecule has 78 valence electrons. The number of anilines is 1. The number of hydrogen-bond acceptors (Lipinski definition) is 3. The topological polar surface area (TPSA) is 72.6 Å². The van der Waals surface area contributed by atoms with E-state index >= 15 is 0 Å². The van der Waals surface area contributed by atoms with Gasteiger partial charge in [0.15, 0.2) is 0 Å². The third kappa shape index (κ3) is 1.76. The first kappa shape index (κ1) is 9.51. The molecule has 15 heavy (non-hydrogen) atoms. The Kier molecular flexibility index (Phi) is 2.29. The Hall–Kier alpha value is -2.04. The summed E-state index contributed by atoms with van der Waals surface area (Å²) in [5.41, 5.74) is 6.23. The van der Waals surface area contributed by atoms with Crippen LogP contribution in [0.4, 0.5) is 10.5 Å². The van der Waals surface area contributed by atoms with Crippen molar-refractivity contribution in [2.24, 2.45) is 5.73 Å². The number of amides is 2. The molecule has 1 heterocycles. The number of ether oxygens (including phenoxy) is 1. The highest BCUT2D eigenvalue weighted by atomic mass is 16.6. The van der Waals surface area contributed by atoms with E-state index in [0.29, 0.717) is 24.4 Å². The number of cyclic esters (lactones) is 1. The monoisotopic (exact) mass is 206 g/mol. The molecule has 1 saturated heterocycles. The summed E-state index contributed by atoms with van der Waals surface area (Å²) in [5, 5.41) is 0.